The Morgan fingerprint density at radius 3 is 0.743 bits per heavy atom. The van der Waals surface area contributed by atoms with Gasteiger partial charge in [-0.1, -0.05) is 218 Å². The molecule has 0 fully saturated rings. The summed E-state index contributed by atoms with van der Waals surface area (Å²) in [5.74, 6) is 0. The maximum Gasteiger partial charge on any atom is 0.0991 e. The van der Waals surface area contributed by atoms with Crippen molar-refractivity contribution in [2.24, 2.45) is 0 Å². The van der Waals surface area contributed by atoms with E-state index in [0.29, 0.717) is 11.1 Å². The fourth-order valence-corrected chi connectivity index (χ4v) is 10.5. The summed E-state index contributed by atoms with van der Waals surface area (Å²) in [6.07, 6.45) is 0. The standard InChI is InChI=1S/C37H23N.C31H19N/c38-24-25-13-15-27(16-14-25)28-17-20-29(21-18-28)36-32-9-3-5-11-34(32)37(35-12-6-4-10-33(35)36)31-22-19-26-7-1-2-8-30(26)23-31;32-20-21-13-15-23(16-14-21)30-26-9-3-5-11-28(26)31(29-12-6-4-10-27(29)30)25-18-17-22-7-1-2-8-24(22)19-25/h1-23H;1-19H. The predicted molar refractivity (Wildman–Crippen MR) is 295 cm³/mol. The normalized spacial score (nSPS) is 11.1. The van der Waals surface area contributed by atoms with Gasteiger partial charge in [0.1, 0.15) is 0 Å². The Balaban J connectivity index is 0.000000146. The van der Waals surface area contributed by atoms with E-state index in [2.05, 4.69) is 231 Å². The third-order valence-electron chi connectivity index (χ3n) is 13.8. The molecular weight excluding hydrogens is 845 g/mol. The van der Waals surface area contributed by atoms with E-state index in [0.717, 1.165) is 16.7 Å². The molecule has 0 heterocycles. The van der Waals surface area contributed by atoms with E-state index >= 15 is 0 Å². The van der Waals surface area contributed by atoms with Gasteiger partial charge in [0, 0.05) is 0 Å². The van der Waals surface area contributed by atoms with Crippen LogP contribution in [0.4, 0.5) is 0 Å². The first-order chi connectivity index (χ1) is 34.6. The van der Waals surface area contributed by atoms with Crippen molar-refractivity contribution in [1.29, 1.82) is 10.5 Å². The molecule has 0 amide bonds. The minimum Gasteiger partial charge on any atom is -0.192 e. The second-order valence-corrected chi connectivity index (χ2v) is 17.8. The maximum atomic E-state index is 9.23. The molecule has 13 rings (SSSR count). The van der Waals surface area contributed by atoms with Gasteiger partial charge in [0.2, 0.25) is 0 Å². The molecular formula is C68H42N2. The largest absolute Gasteiger partial charge is 0.192 e. The molecule has 0 N–H and O–H groups in total. The lowest BCUT2D eigenvalue weighted by Crippen LogP contribution is -1.91. The Kier molecular flexibility index (Phi) is 10.7. The smallest absolute Gasteiger partial charge is 0.0991 e. The zero-order valence-electron chi connectivity index (χ0n) is 38.1. The van der Waals surface area contributed by atoms with Gasteiger partial charge in [0.25, 0.3) is 0 Å². The number of hydrogen-bond acceptors (Lipinski definition) is 2. The molecule has 0 spiro atoms. The second kappa shape index (κ2) is 17.9. The topological polar surface area (TPSA) is 47.6 Å². The molecule has 0 aliphatic heterocycles. The van der Waals surface area contributed by atoms with Crippen molar-refractivity contribution in [3.05, 3.63) is 266 Å². The Bertz CT molecular complexity index is 4110. The number of hydrogen-bond donors (Lipinski definition) is 0. The highest BCUT2D eigenvalue weighted by molar-refractivity contribution is 6.23. The van der Waals surface area contributed by atoms with Crippen LogP contribution < -0.4 is 0 Å². The third-order valence-corrected chi connectivity index (χ3v) is 13.8. The lowest BCUT2D eigenvalue weighted by Gasteiger charge is -2.18. The Morgan fingerprint density at radius 2 is 0.429 bits per heavy atom. The van der Waals surface area contributed by atoms with Gasteiger partial charge in [-0.3, -0.25) is 0 Å². The first-order valence-electron chi connectivity index (χ1n) is 23.6. The van der Waals surface area contributed by atoms with Crippen LogP contribution in [0.3, 0.4) is 0 Å². The Hall–Kier alpha value is -9.60. The number of benzene rings is 13. The summed E-state index contributed by atoms with van der Waals surface area (Å²) < 4.78 is 0. The molecule has 0 radical (unpaired) electrons. The van der Waals surface area contributed by atoms with Crippen molar-refractivity contribution in [3.63, 3.8) is 0 Å². The average Bonchev–Trinajstić information content (AvgIpc) is 3.44. The summed E-state index contributed by atoms with van der Waals surface area (Å²) in [6.45, 7) is 0. The van der Waals surface area contributed by atoms with Crippen LogP contribution in [0, 0.1) is 22.7 Å². The molecule has 0 saturated heterocycles. The number of fused-ring (bicyclic) bond motifs is 6. The summed E-state index contributed by atoms with van der Waals surface area (Å²) >= 11 is 0. The zero-order chi connectivity index (χ0) is 47.0. The van der Waals surface area contributed by atoms with E-state index in [9.17, 15) is 5.26 Å². The van der Waals surface area contributed by atoms with Gasteiger partial charge >= 0.3 is 0 Å². The van der Waals surface area contributed by atoms with Crippen LogP contribution in [0.1, 0.15) is 11.1 Å². The van der Waals surface area contributed by atoms with Gasteiger partial charge in [-0.05, 0) is 157 Å². The molecule has 0 bridgehead atoms. The van der Waals surface area contributed by atoms with E-state index in [1.165, 1.54) is 104 Å². The molecule has 2 heteroatoms. The van der Waals surface area contributed by atoms with E-state index in [1.54, 1.807) is 0 Å². The van der Waals surface area contributed by atoms with E-state index in [1.807, 2.05) is 36.4 Å². The highest BCUT2D eigenvalue weighted by atomic mass is 14.2. The molecule has 13 aromatic rings. The predicted octanol–water partition coefficient (Wildman–Crippen LogP) is 18.4. The van der Waals surface area contributed by atoms with Crippen molar-refractivity contribution in [1.82, 2.24) is 0 Å². The Labute approximate surface area is 406 Å². The van der Waals surface area contributed by atoms with Crippen LogP contribution in [0.2, 0.25) is 0 Å². The summed E-state index contributed by atoms with van der Waals surface area (Å²) in [6, 6.07) is 94.3. The molecule has 13 aromatic carbocycles. The SMILES string of the molecule is N#Cc1ccc(-c2c3ccccc3c(-c3ccc4ccccc4c3)c3ccccc23)cc1.N#Cc1ccc(-c2ccc(-c3c4ccccc4c(-c4ccc5ccccc5c4)c4ccccc34)cc2)cc1. The van der Waals surface area contributed by atoms with E-state index in [4.69, 9.17) is 5.26 Å². The van der Waals surface area contributed by atoms with Crippen molar-refractivity contribution in [3.8, 4) is 67.8 Å². The van der Waals surface area contributed by atoms with Gasteiger partial charge in [0.05, 0.1) is 23.3 Å². The second-order valence-electron chi connectivity index (χ2n) is 17.8. The molecule has 0 aliphatic rings. The summed E-state index contributed by atoms with van der Waals surface area (Å²) in [5, 5.41) is 33.3. The van der Waals surface area contributed by atoms with Crippen LogP contribution >= 0.6 is 0 Å². The quantitative estimate of drug-likeness (QED) is 0.162. The van der Waals surface area contributed by atoms with E-state index < -0.39 is 0 Å². The van der Waals surface area contributed by atoms with Crippen LogP contribution in [0.15, 0.2) is 255 Å². The minimum atomic E-state index is 0.676. The fraction of sp³-hybridized carbons (Fsp3) is 0. The first kappa shape index (κ1) is 41.8. The van der Waals surface area contributed by atoms with Gasteiger partial charge < -0.3 is 0 Å². The van der Waals surface area contributed by atoms with Crippen LogP contribution in [0.25, 0.3) is 120 Å². The number of nitrogens with zero attached hydrogens (tertiary/aromatic N) is 2. The molecule has 0 aromatic heterocycles. The monoisotopic (exact) mass is 886 g/mol. The van der Waals surface area contributed by atoms with Crippen molar-refractivity contribution in [2.45, 2.75) is 0 Å². The summed E-state index contributed by atoms with van der Waals surface area (Å²) in [4.78, 5) is 0. The fourth-order valence-electron chi connectivity index (χ4n) is 10.5. The molecule has 0 unspecified atom stereocenters. The van der Waals surface area contributed by atoms with Gasteiger partial charge in [-0.25, -0.2) is 0 Å². The highest BCUT2D eigenvalue weighted by Crippen LogP contribution is 2.46. The lowest BCUT2D eigenvalue weighted by molar-refractivity contribution is 1.48. The molecule has 2 nitrogen and oxygen atoms in total. The van der Waals surface area contributed by atoms with Gasteiger partial charge in [-0.15, -0.1) is 0 Å². The highest BCUT2D eigenvalue weighted by Gasteiger charge is 2.19. The molecule has 0 atom stereocenters. The van der Waals surface area contributed by atoms with E-state index in [-0.39, 0.29) is 0 Å². The molecule has 324 valence electrons. The molecule has 0 saturated carbocycles. The zero-order valence-corrected chi connectivity index (χ0v) is 38.1. The molecule has 0 aliphatic carbocycles. The summed E-state index contributed by atoms with van der Waals surface area (Å²) in [7, 11) is 0. The van der Waals surface area contributed by atoms with Crippen molar-refractivity contribution in [2.75, 3.05) is 0 Å². The van der Waals surface area contributed by atoms with Crippen LogP contribution in [-0.2, 0) is 0 Å². The lowest BCUT2D eigenvalue weighted by atomic mass is 9.85. The minimum absolute atomic E-state index is 0.676. The Morgan fingerprint density at radius 1 is 0.200 bits per heavy atom. The van der Waals surface area contributed by atoms with Gasteiger partial charge in [-0.2, -0.15) is 10.5 Å². The maximum absolute atomic E-state index is 9.23. The first-order valence-corrected chi connectivity index (χ1v) is 23.6. The number of nitriles is 2. The van der Waals surface area contributed by atoms with Gasteiger partial charge in [0.15, 0.2) is 0 Å². The van der Waals surface area contributed by atoms with Crippen LogP contribution in [-0.4, -0.2) is 0 Å². The van der Waals surface area contributed by atoms with Crippen LogP contribution in [0.5, 0.6) is 0 Å². The average molecular weight is 887 g/mol. The van der Waals surface area contributed by atoms with Crippen molar-refractivity contribution < 1.29 is 0 Å². The van der Waals surface area contributed by atoms with Crippen molar-refractivity contribution >= 4 is 64.6 Å². The summed E-state index contributed by atoms with van der Waals surface area (Å²) in [5.41, 5.74) is 13.4. The molecule has 70 heavy (non-hydrogen) atoms. The third kappa shape index (κ3) is 7.48. The number of rotatable bonds is 5.